The van der Waals surface area contributed by atoms with E-state index in [-0.39, 0.29) is 0 Å². The molecule has 0 aliphatic rings. The Morgan fingerprint density at radius 2 is 0.940 bits per heavy atom. The second kappa shape index (κ2) is 11.4. The van der Waals surface area contributed by atoms with Crippen molar-refractivity contribution in [3.63, 3.8) is 0 Å². The summed E-state index contributed by atoms with van der Waals surface area (Å²) in [5, 5.41) is 35.0. The molecule has 0 spiro atoms. The Morgan fingerprint density at radius 3 is 1.62 bits per heavy atom. The molecule has 7 aromatic carbocycles. The Kier molecular flexibility index (Phi) is 6.56. The number of rotatable bonds is 4. The molecule has 0 aliphatic carbocycles. The van der Waals surface area contributed by atoms with Gasteiger partial charge in [0.15, 0.2) is 0 Å². The van der Waals surface area contributed by atoms with Gasteiger partial charge in [0.1, 0.15) is 6.07 Å². The predicted molar refractivity (Wildman–Crippen MR) is 200 cm³/mol. The molecule has 0 bridgehead atoms. The molecule has 0 unspecified atom stereocenters. The van der Waals surface area contributed by atoms with Crippen molar-refractivity contribution >= 4 is 43.6 Å². The van der Waals surface area contributed by atoms with Crippen molar-refractivity contribution in [3.05, 3.63) is 168 Å². The van der Waals surface area contributed by atoms with Crippen LogP contribution in [0, 0.1) is 34.0 Å². The summed E-state index contributed by atoms with van der Waals surface area (Å²) in [4.78, 5) is 0. The quantitative estimate of drug-likeness (QED) is 0.193. The van der Waals surface area contributed by atoms with Crippen molar-refractivity contribution in [2.45, 2.75) is 0 Å². The molecule has 5 nitrogen and oxygen atoms in total. The van der Waals surface area contributed by atoms with E-state index in [1.54, 1.807) is 0 Å². The molecule has 9 rings (SSSR count). The zero-order chi connectivity index (χ0) is 33.8. The molecular formula is C45H25N5. The fourth-order valence-electron chi connectivity index (χ4n) is 7.50. The minimum atomic E-state index is 0.483. The molecule has 0 aliphatic heterocycles. The van der Waals surface area contributed by atoms with Crippen LogP contribution in [-0.2, 0) is 0 Å². The Balaban J connectivity index is 1.27. The van der Waals surface area contributed by atoms with Crippen molar-refractivity contribution in [1.29, 1.82) is 15.8 Å². The van der Waals surface area contributed by atoms with E-state index in [0.717, 1.165) is 66.5 Å². The van der Waals surface area contributed by atoms with Crippen LogP contribution in [0.1, 0.15) is 16.7 Å². The summed E-state index contributed by atoms with van der Waals surface area (Å²) in [5.41, 5.74) is 10.7. The minimum Gasteiger partial charge on any atom is -0.309 e. The highest BCUT2D eigenvalue weighted by Gasteiger charge is 2.20. The SMILES string of the molecule is N#Cc1cc(-c2cccc(-c3ccccc3-n3c4ccccc4c4ccccc43)c2C#N)cc(-n2c3ccccc3c3cc(C#N)ccc32)c1. The van der Waals surface area contributed by atoms with E-state index >= 15 is 0 Å². The second-order valence-corrected chi connectivity index (χ2v) is 12.3. The fourth-order valence-corrected chi connectivity index (χ4v) is 7.50. The van der Waals surface area contributed by atoms with Gasteiger partial charge < -0.3 is 9.13 Å². The van der Waals surface area contributed by atoms with Gasteiger partial charge in [0.05, 0.1) is 56.6 Å². The summed E-state index contributed by atoms with van der Waals surface area (Å²) in [7, 11) is 0. The maximum absolute atomic E-state index is 10.8. The van der Waals surface area contributed by atoms with Crippen LogP contribution < -0.4 is 0 Å². The molecular weight excluding hydrogens is 611 g/mol. The number of fused-ring (bicyclic) bond motifs is 6. The predicted octanol–water partition coefficient (Wildman–Crippen LogP) is 10.8. The van der Waals surface area contributed by atoms with Gasteiger partial charge in [-0.3, -0.25) is 0 Å². The van der Waals surface area contributed by atoms with Gasteiger partial charge in [0.2, 0.25) is 0 Å². The smallest absolute Gasteiger partial charge is 0.100 e. The van der Waals surface area contributed by atoms with Crippen LogP contribution in [0.5, 0.6) is 0 Å². The number of para-hydroxylation sites is 4. The molecule has 0 amide bonds. The van der Waals surface area contributed by atoms with Crippen LogP contribution in [-0.4, -0.2) is 9.13 Å². The van der Waals surface area contributed by atoms with E-state index in [9.17, 15) is 15.8 Å². The first-order chi connectivity index (χ1) is 24.7. The molecule has 0 N–H and O–H groups in total. The monoisotopic (exact) mass is 635 g/mol. The molecule has 9 aromatic rings. The van der Waals surface area contributed by atoms with Crippen LogP contribution in [0.4, 0.5) is 0 Å². The first-order valence-electron chi connectivity index (χ1n) is 16.3. The topological polar surface area (TPSA) is 81.2 Å². The summed E-state index contributed by atoms with van der Waals surface area (Å²) >= 11 is 0. The normalized spacial score (nSPS) is 11.1. The first-order valence-corrected chi connectivity index (χ1v) is 16.3. The third-order valence-corrected chi connectivity index (χ3v) is 9.61. The molecule has 0 saturated carbocycles. The van der Waals surface area contributed by atoms with Crippen LogP contribution in [0.25, 0.3) is 77.2 Å². The molecule has 0 radical (unpaired) electrons. The Labute approximate surface area is 287 Å². The van der Waals surface area contributed by atoms with Crippen LogP contribution >= 0.6 is 0 Å². The summed E-state index contributed by atoms with van der Waals surface area (Å²) in [6.45, 7) is 0. The Bertz CT molecular complexity index is 2920. The number of hydrogen-bond acceptors (Lipinski definition) is 3. The highest BCUT2D eigenvalue weighted by Crippen LogP contribution is 2.40. The number of hydrogen-bond donors (Lipinski definition) is 0. The van der Waals surface area contributed by atoms with E-state index in [4.69, 9.17) is 0 Å². The highest BCUT2D eigenvalue weighted by molar-refractivity contribution is 6.11. The average molecular weight is 636 g/mol. The van der Waals surface area contributed by atoms with Crippen LogP contribution in [0.15, 0.2) is 152 Å². The number of aromatic nitrogens is 2. The number of benzene rings is 7. The van der Waals surface area contributed by atoms with E-state index in [2.05, 4.69) is 94.1 Å². The van der Waals surface area contributed by atoms with Crippen molar-refractivity contribution in [2.24, 2.45) is 0 Å². The fraction of sp³-hybridized carbons (Fsp3) is 0. The summed E-state index contributed by atoms with van der Waals surface area (Å²) in [6, 6.07) is 57.7. The molecule has 2 aromatic heterocycles. The molecule has 0 saturated heterocycles. The molecule has 0 atom stereocenters. The average Bonchev–Trinajstić information content (AvgIpc) is 3.70. The van der Waals surface area contributed by atoms with Gasteiger partial charge in [-0.15, -0.1) is 0 Å². The van der Waals surface area contributed by atoms with Gasteiger partial charge >= 0.3 is 0 Å². The zero-order valence-electron chi connectivity index (χ0n) is 26.7. The lowest BCUT2D eigenvalue weighted by Gasteiger charge is -2.17. The highest BCUT2D eigenvalue weighted by atomic mass is 15.0. The maximum Gasteiger partial charge on any atom is 0.100 e. The molecule has 2 heterocycles. The van der Waals surface area contributed by atoms with Gasteiger partial charge in [-0.1, -0.05) is 91.0 Å². The third kappa shape index (κ3) is 4.31. The van der Waals surface area contributed by atoms with E-state index < -0.39 is 0 Å². The molecule has 0 fully saturated rings. The largest absolute Gasteiger partial charge is 0.309 e. The summed E-state index contributed by atoms with van der Waals surface area (Å²) < 4.78 is 4.41. The van der Waals surface area contributed by atoms with Crippen molar-refractivity contribution in [3.8, 4) is 51.8 Å². The molecule has 230 valence electrons. The Hall–Kier alpha value is -7.39. The minimum absolute atomic E-state index is 0.483. The first kappa shape index (κ1) is 28.8. The van der Waals surface area contributed by atoms with Gasteiger partial charge in [0.25, 0.3) is 0 Å². The van der Waals surface area contributed by atoms with Crippen LogP contribution in [0.3, 0.4) is 0 Å². The van der Waals surface area contributed by atoms with Gasteiger partial charge in [-0.05, 0) is 66.2 Å². The zero-order valence-corrected chi connectivity index (χ0v) is 26.7. The van der Waals surface area contributed by atoms with E-state index in [0.29, 0.717) is 16.7 Å². The lowest BCUT2D eigenvalue weighted by molar-refractivity contribution is 1.18. The Morgan fingerprint density at radius 1 is 0.380 bits per heavy atom. The second-order valence-electron chi connectivity index (χ2n) is 12.3. The van der Waals surface area contributed by atoms with Crippen molar-refractivity contribution < 1.29 is 0 Å². The van der Waals surface area contributed by atoms with Gasteiger partial charge in [-0.2, -0.15) is 15.8 Å². The van der Waals surface area contributed by atoms with Gasteiger partial charge in [0, 0.05) is 43.9 Å². The standard InChI is InChI=1S/C45H25N5/c46-26-29-20-21-45-39(24-29)38-13-4-5-16-41(38)49(45)32-23-30(27-47)22-31(25-32)33-14-9-15-34(40(33)28-48)35-10-1-6-17-42(35)50-43-18-7-2-11-36(43)37-12-3-8-19-44(37)50/h1-25H. The maximum atomic E-state index is 10.8. The van der Waals surface area contributed by atoms with Crippen molar-refractivity contribution in [1.82, 2.24) is 9.13 Å². The van der Waals surface area contributed by atoms with Crippen LogP contribution in [0.2, 0.25) is 0 Å². The molecule has 5 heteroatoms. The summed E-state index contributed by atoms with van der Waals surface area (Å²) in [6.07, 6.45) is 0. The molecule has 50 heavy (non-hydrogen) atoms. The lowest BCUT2D eigenvalue weighted by atomic mass is 9.91. The number of nitriles is 3. The number of nitrogens with zero attached hydrogens (tertiary/aromatic N) is 5. The van der Waals surface area contributed by atoms with E-state index in [1.807, 2.05) is 84.9 Å². The van der Waals surface area contributed by atoms with E-state index in [1.165, 1.54) is 10.8 Å². The third-order valence-electron chi connectivity index (χ3n) is 9.61. The lowest BCUT2D eigenvalue weighted by Crippen LogP contribution is -1.99. The van der Waals surface area contributed by atoms with Crippen molar-refractivity contribution in [2.75, 3.05) is 0 Å². The van der Waals surface area contributed by atoms with Gasteiger partial charge in [-0.25, -0.2) is 0 Å². The summed E-state index contributed by atoms with van der Waals surface area (Å²) in [5.74, 6) is 0.